The maximum absolute atomic E-state index is 12.7. The van der Waals surface area contributed by atoms with Gasteiger partial charge in [-0.1, -0.05) is 12.1 Å². The molecule has 0 bridgehead atoms. The lowest BCUT2D eigenvalue weighted by Crippen LogP contribution is -2.30. The van der Waals surface area contributed by atoms with Gasteiger partial charge in [-0.25, -0.2) is 4.98 Å². The molecule has 0 atom stereocenters. The van der Waals surface area contributed by atoms with Crippen molar-refractivity contribution in [3.63, 3.8) is 0 Å². The van der Waals surface area contributed by atoms with Crippen LogP contribution >= 0.6 is 23.7 Å². The number of alkyl halides is 3. The van der Waals surface area contributed by atoms with Gasteiger partial charge in [0, 0.05) is 24.6 Å². The number of amides is 1. The number of carbonyl (C=O) groups is 1. The molecule has 1 heterocycles. The van der Waals surface area contributed by atoms with E-state index in [-0.39, 0.29) is 24.9 Å². The Kier molecular flexibility index (Phi) is 8.30. The van der Waals surface area contributed by atoms with E-state index in [1.54, 1.807) is 18.6 Å². The monoisotopic (exact) mass is 395 g/mol. The number of rotatable bonds is 7. The lowest BCUT2D eigenvalue weighted by molar-refractivity contribution is -0.137. The van der Waals surface area contributed by atoms with Gasteiger partial charge in [0.25, 0.3) is 0 Å². The molecule has 1 amide bonds. The van der Waals surface area contributed by atoms with Gasteiger partial charge in [0.2, 0.25) is 5.91 Å². The molecule has 0 aliphatic rings. The number of hydrogen-bond acceptors (Lipinski definition) is 5. The van der Waals surface area contributed by atoms with Gasteiger partial charge >= 0.3 is 6.18 Å². The molecular formula is C15H17ClF3N3O2S. The van der Waals surface area contributed by atoms with E-state index < -0.39 is 11.7 Å². The van der Waals surface area contributed by atoms with E-state index in [0.29, 0.717) is 29.5 Å². The van der Waals surface area contributed by atoms with Crippen LogP contribution in [0, 0.1) is 0 Å². The summed E-state index contributed by atoms with van der Waals surface area (Å²) < 4.78 is 43.1. The fourth-order valence-electron chi connectivity index (χ4n) is 1.86. The number of nitrogens with zero attached hydrogens (tertiary/aromatic N) is 1. The average Bonchev–Trinajstić information content (AvgIpc) is 2.99. The summed E-state index contributed by atoms with van der Waals surface area (Å²) in [5, 5.41) is 7.42. The summed E-state index contributed by atoms with van der Waals surface area (Å²) in [5.74, 6) is -0.281. The van der Waals surface area contributed by atoms with Gasteiger partial charge in [-0.05, 0) is 12.1 Å². The Morgan fingerprint density at radius 2 is 2.12 bits per heavy atom. The van der Waals surface area contributed by atoms with Crippen molar-refractivity contribution in [1.82, 2.24) is 10.3 Å². The van der Waals surface area contributed by atoms with E-state index in [0.717, 1.165) is 23.5 Å². The molecule has 0 aliphatic heterocycles. The molecule has 0 saturated heterocycles. The predicted octanol–water partition coefficient (Wildman–Crippen LogP) is 3.43. The number of anilines is 1. The zero-order chi connectivity index (χ0) is 17.6. The van der Waals surface area contributed by atoms with Crippen LogP contribution in [0.5, 0.6) is 0 Å². The topological polar surface area (TPSA) is 63.2 Å². The van der Waals surface area contributed by atoms with Gasteiger partial charge < -0.3 is 15.4 Å². The summed E-state index contributed by atoms with van der Waals surface area (Å²) in [6.07, 6.45) is -4.41. The molecule has 0 radical (unpaired) electrons. The van der Waals surface area contributed by atoms with E-state index >= 15 is 0 Å². The van der Waals surface area contributed by atoms with Gasteiger partial charge in [-0.3, -0.25) is 4.79 Å². The van der Waals surface area contributed by atoms with Crippen molar-refractivity contribution in [3.05, 3.63) is 35.2 Å². The zero-order valence-corrected chi connectivity index (χ0v) is 14.9. The average molecular weight is 396 g/mol. The Balaban J connectivity index is 0.00000312. The normalized spacial score (nSPS) is 11.0. The van der Waals surface area contributed by atoms with Gasteiger partial charge in [0.1, 0.15) is 0 Å². The second-order valence-electron chi connectivity index (χ2n) is 4.83. The van der Waals surface area contributed by atoms with Crippen LogP contribution < -0.4 is 10.6 Å². The van der Waals surface area contributed by atoms with Crippen LogP contribution in [-0.4, -0.2) is 37.7 Å². The third-order valence-electron chi connectivity index (χ3n) is 3.00. The molecule has 0 fully saturated rings. The number of aromatic nitrogens is 1. The van der Waals surface area contributed by atoms with Crippen LogP contribution in [0.4, 0.5) is 18.3 Å². The Labute approximate surface area is 153 Å². The van der Waals surface area contributed by atoms with Crippen LogP contribution in [0.15, 0.2) is 29.6 Å². The summed E-state index contributed by atoms with van der Waals surface area (Å²) >= 11 is 1.15. The smallest absolute Gasteiger partial charge is 0.383 e. The molecule has 0 spiro atoms. The molecule has 1 aromatic carbocycles. The fraction of sp³-hybridized carbons (Fsp3) is 0.333. The third-order valence-corrected chi connectivity index (χ3v) is 3.76. The Bertz CT molecular complexity index is 695. The standard InChI is InChI=1S/C15H16F3N3O2S.ClH/c1-23-6-5-19-8-13(22)21-14-20-12(9-24-14)10-3-2-4-11(7-10)15(16,17)18;/h2-4,7,9,19H,5-6,8H2,1H3,(H,20,21,22);1H. The van der Waals surface area contributed by atoms with Crippen molar-refractivity contribution >= 4 is 34.8 Å². The summed E-state index contributed by atoms with van der Waals surface area (Å²) in [4.78, 5) is 15.9. The van der Waals surface area contributed by atoms with Gasteiger partial charge in [0.05, 0.1) is 24.4 Å². The lowest BCUT2D eigenvalue weighted by Gasteiger charge is -2.07. The lowest BCUT2D eigenvalue weighted by atomic mass is 10.1. The van der Waals surface area contributed by atoms with E-state index in [9.17, 15) is 18.0 Å². The third kappa shape index (κ3) is 6.62. The van der Waals surface area contributed by atoms with E-state index in [4.69, 9.17) is 4.74 Å². The van der Waals surface area contributed by atoms with E-state index in [2.05, 4.69) is 15.6 Å². The maximum atomic E-state index is 12.7. The first-order valence-electron chi connectivity index (χ1n) is 7.03. The Morgan fingerprint density at radius 1 is 1.36 bits per heavy atom. The van der Waals surface area contributed by atoms with Crippen LogP contribution in [0.3, 0.4) is 0 Å². The zero-order valence-electron chi connectivity index (χ0n) is 13.2. The van der Waals surface area contributed by atoms with Crippen molar-refractivity contribution in [2.24, 2.45) is 0 Å². The number of ether oxygens (including phenoxy) is 1. The summed E-state index contributed by atoms with van der Waals surface area (Å²) in [6, 6.07) is 4.91. The quantitative estimate of drug-likeness (QED) is 0.705. The summed E-state index contributed by atoms with van der Waals surface area (Å²) in [5.41, 5.74) is -0.00513. The van der Waals surface area contributed by atoms with Crippen molar-refractivity contribution in [3.8, 4) is 11.3 Å². The van der Waals surface area contributed by atoms with Crippen molar-refractivity contribution in [2.45, 2.75) is 6.18 Å². The first-order chi connectivity index (χ1) is 11.4. The summed E-state index contributed by atoms with van der Waals surface area (Å²) in [6.45, 7) is 1.13. The minimum absolute atomic E-state index is 0. The number of nitrogens with one attached hydrogen (secondary N) is 2. The molecular weight excluding hydrogens is 379 g/mol. The first kappa shape index (κ1) is 21.4. The van der Waals surface area contributed by atoms with Gasteiger partial charge in [-0.15, -0.1) is 23.7 Å². The van der Waals surface area contributed by atoms with Gasteiger partial charge in [0.15, 0.2) is 5.13 Å². The highest BCUT2D eigenvalue weighted by molar-refractivity contribution is 7.14. The molecule has 0 aliphatic carbocycles. The number of halogens is 4. The molecule has 5 nitrogen and oxygen atoms in total. The highest BCUT2D eigenvalue weighted by atomic mass is 35.5. The van der Waals surface area contributed by atoms with Crippen LogP contribution in [0.1, 0.15) is 5.56 Å². The van der Waals surface area contributed by atoms with Crippen molar-refractivity contribution < 1.29 is 22.7 Å². The number of hydrogen-bond donors (Lipinski definition) is 2. The SMILES string of the molecule is COCCNCC(=O)Nc1nc(-c2cccc(C(F)(F)F)c2)cs1.Cl. The minimum Gasteiger partial charge on any atom is -0.383 e. The molecule has 25 heavy (non-hydrogen) atoms. The molecule has 2 aromatic rings. The number of benzene rings is 1. The highest BCUT2D eigenvalue weighted by Gasteiger charge is 2.30. The molecule has 1 aromatic heterocycles. The largest absolute Gasteiger partial charge is 0.416 e. The van der Waals surface area contributed by atoms with Crippen LogP contribution in [0.25, 0.3) is 11.3 Å². The number of thiazole rings is 1. The molecule has 2 rings (SSSR count). The van der Waals surface area contributed by atoms with Crippen molar-refractivity contribution in [1.29, 1.82) is 0 Å². The van der Waals surface area contributed by atoms with Crippen LogP contribution in [-0.2, 0) is 15.7 Å². The van der Waals surface area contributed by atoms with E-state index in [1.807, 2.05) is 0 Å². The second-order valence-corrected chi connectivity index (χ2v) is 5.69. The molecule has 0 saturated carbocycles. The molecule has 2 N–H and O–H groups in total. The maximum Gasteiger partial charge on any atom is 0.416 e. The fourth-order valence-corrected chi connectivity index (χ4v) is 2.59. The van der Waals surface area contributed by atoms with Crippen molar-refractivity contribution in [2.75, 3.05) is 32.1 Å². The summed E-state index contributed by atoms with van der Waals surface area (Å²) in [7, 11) is 1.56. The molecule has 0 unspecified atom stereocenters. The molecule has 138 valence electrons. The Morgan fingerprint density at radius 3 is 2.80 bits per heavy atom. The van der Waals surface area contributed by atoms with Gasteiger partial charge in [-0.2, -0.15) is 13.2 Å². The molecule has 10 heteroatoms. The minimum atomic E-state index is -4.41. The second kappa shape index (κ2) is 9.71. The number of carbonyl (C=O) groups excluding carboxylic acids is 1. The first-order valence-corrected chi connectivity index (χ1v) is 7.91. The van der Waals surface area contributed by atoms with E-state index in [1.165, 1.54) is 6.07 Å². The predicted molar refractivity (Wildman–Crippen MR) is 93.2 cm³/mol. The Hall–Kier alpha value is -1.68. The number of methoxy groups -OCH3 is 1. The highest BCUT2D eigenvalue weighted by Crippen LogP contribution is 2.33. The van der Waals surface area contributed by atoms with Crippen LogP contribution in [0.2, 0.25) is 0 Å².